The lowest BCUT2D eigenvalue weighted by Gasteiger charge is -2.10. The zero-order valence-electron chi connectivity index (χ0n) is 9.90. The second-order valence-corrected chi connectivity index (χ2v) is 3.80. The van der Waals surface area contributed by atoms with Crippen molar-refractivity contribution in [2.24, 2.45) is 0 Å². The van der Waals surface area contributed by atoms with Gasteiger partial charge in [-0.1, -0.05) is 19.1 Å². The first-order valence-corrected chi connectivity index (χ1v) is 5.50. The summed E-state index contributed by atoms with van der Waals surface area (Å²) in [5.74, 6) is -1.81. The van der Waals surface area contributed by atoms with Crippen molar-refractivity contribution < 1.29 is 18.7 Å². The van der Waals surface area contributed by atoms with E-state index in [2.05, 4.69) is 4.74 Å². The van der Waals surface area contributed by atoms with Crippen molar-refractivity contribution in [3.05, 3.63) is 35.6 Å². The van der Waals surface area contributed by atoms with Gasteiger partial charge in [0.15, 0.2) is 0 Å². The van der Waals surface area contributed by atoms with Gasteiger partial charge in [-0.2, -0.15) is 0 Å². The first kappa shape index (κ1) is 13.4. The number of carbonyl (C=O) groups excluding carboxylic acids is 2. The fraction of sp³-hybridized carbons (Fsp3) is 0.385. The highest BCUT2D eigenvalue weighted by Gasteiger charge is 2.19. The molecule has 0 aliphatic rings. The number of ketones is 1. The van der Waals surface area contributed by atoms with E-state index >= 15 is 0 Å². The number of ether oxygens (including phenoxy) is 1. The quantitative estimate of drug-likeness (QED) is 0.584. The van der Waals surface area contributed by atoms with Crippen LogP contribution in [-0.2, 0) is 14.3 Å². The lowest BCUT2D eigenvalue weighted by molar-refractivity contribution is -0.153. The van der Waals surface area contributed by atoms with Gasteiger partial charge in [-0.3, -0.25) is 4.79 Å². The van der Waals surface area contributed by atoms with Crippen LogP contribution in [0.2, 0.25) is 0 Å². The molecule has 0 aromatic heterocycles. The minimum Gasteiger partial charge on any atom is -0.460 e. The van der Waals surface area contributed by atoms with E-state index in [0.717, 1.165) is 5.56 Å². The molecule has 1 aromatic carbocycles. The maximum Gasteiger partial charge on any atom is 0.374 e. The lowest BCUT2D eigenvalue weighted by Crippen LogP contribution is -2.19. The summed E-state index contributed by atoms with van der Waals surface area (Å²) in [5, 5.41) is 0. The summed E-state index contributed by atoms with van der Waals surface area (Å²) in [7, 11) is 0. The number of benzene rings is 1. The molecule has 0 spiro atoms. The third-order valence-electron chi connectivity index (χ3n) is 2.43. The van der Waals surface area contributed by atoms with Gasteiger partial charge in [0.05, 0.1) is 6.61 Å². The molecule has 4 heteroatoms. The van der Waals surface area contributed by atoms with E-state index in [1.165, 1.54) is 12.1 Å². The summed E-state index contributed by atoms with van der Waals surface area (Å²) in [4.78, 5) is 22.6. The van der Waals surface area contributed by atoms with Crippen LogP contribution in [0.4, 0.5) is 4.39 Å². The molecule has 0 heterocycles. The summed E-state index contributed by atoms with van der Waals surface area (Å²) in [5.41, 5.74) is 0.823. The van der Waals surface area contributed by atoms with Crippen molar-refractivity contribution in [2.75, 3.05) is 6.61 Å². The minimum absolute atomic E-state index is 0.0739. The Morgan fingerprint density at radius 2 is 1.88 bits per heavy atom. The molecular weight excluding hydrogens is 223 g/mol. The maximum absolute atomic E-state index is 12.7. The first-order chi connectivity index (χ1) is 8.04. The molecular formula is C13H15FO3. The average Bonchev–Trinajstić information content (AvgIpc) is 2.30. The number of hydrogen-bond donors (Lipinski definition) is 0. The topological polar surface area (TPSA) is 43.4 Å². The van der Waals surface area contributed by atoms with E-state index < -0.39 is 11.8 Å². The van der Waals surface area contributed by atoms with Gasteiger partial charge in [0, 0.05) is 6.42 Å². The third-order valence-corrected chi connectivity index (χ3v) is 2.43. The van der Waals surface area contributed by atoms with Crippen LogP contribution in [-0.4, -0.2) is 18.4 Å². The van der Waals surface area contributed by atoms with E-state index in [4.69, 9.17) is 0 Å². The number of esters is 1. The van der Waals surface area contributed by atoms with Crippen molar-refractivity contribution in [3.63, 3.8) is 0 Å². The van der Waals surface area contributed by atoms with E-state index in [1.54, 1.807) is 19.1 Å². The predicted molar refractivity (Wildman–Crippen MR) is 61.1 cm³/mol. The average molecular weight is 238 g/mol. The van der Waals surface area contributed by atoms with Crippen LogP contribution in [0.15, 0.2) is 24.3 Å². The SMILES string of the molecule is CCOC(=O)C(=O)CC(C)c1ccc(F)cc1. The Bertz CT molecular complexity index is 398. The van der Waals surface area contributed by atoms with Crippen LogP contribution in [0.1, 0.15) is 31.7 Å². The Balaban J connectivity index is 2.60. The van der Waals surface area contributed by atoms with Gasteiger partial charge in [-0.15, -0.1) is 0 Å². The molecule has 0 fully saturated rings. The zero-order valence-corrected chi connectivity index (χ0v) is 9.90. The maximum atomic E-state index is 12.7. The van der Waals surface area contributed by atoms with Crippen molar-refractivity contribution in [1.29, 1.82) is 0 Å². The summed E-state index contributed by atoms with van der Waals surface area (Å²) in [6, 6.07) is 5.89. The molecule has 0 bridgehead atoms. The molecule has 0 saturated heterocycles. The molecule has 1 rings (SSSR count). The number of hydrogen-bond acceptors (Lipinski definition) is 3. The molecule has 0 aliphatic carbocycles. The highest BCUT2D eigenvalue weighted by Crippen LogP contribution is 2.19. The summed E-state index contributed by atoms with van der Waals surface area (Å²) in [6.45, 7) is 3.65. The smallest absolute Gasteiger partial charge is 0.374 e. The monoisotopic (exact) mass is 238 g/mol. The molecule has 1 aromatic rings. The molecule has 0 aliphatic heterocycles. The highest BCUT2D eigenvalue weighted by atomic mass is 19.1. The molecule has 0 amide bonds. The van der Waals surface area contributed by atoms with E-state index in [9.17, 15) is 14.0 Å². The van der Waals surface area contributed by atoms with Crippen molar-refractivity contribution in [2.45, 2.75) is 26.2 Å². The summed E-state index contributed by atoms with van der Waals surface area (Å²) >= 11 is 0. The van der Waals surface area contributed by atoms with E-state index in [-0.39, 0.29) is 24.8 Å². The number of rotatable bonds is 5. The van der Waals surface area contributed by atoms with Crippen LogP contribution in [0.3, 0.4) is 0 Å². The van der Waals surface area contributed by atoms with Gasteiger partial charge >= 0.3 is 5.97 Å². The van der Waals surface area contributed by atoms with Gasteiger partial charge in [-0.05, 0) is 30.5 Å². The number of halogens is 1. The first-order valence-electron chi connectivity index (χ1n) is 5.50. The van der Waals surface area contributed by atoms with Gasteiger partial charge in [0.1, 0.15) is 5.82 Å². The minimum atomic E-state index is -0.804. The molecule has 3 nitrogen and oxygen atoms in total. The van der Waals surface area contributed by atoms with Gasteiger partial charge < -0.3 is 4.74 Å². The number of Topliss-reactive ketones (excluding diaryl/α,β-unsaturated/α-hetero) is 1. The zero-order chi connectivity index (χ0) is 12.8. The standard InChI is InChI=1S/C13H15FO3/c1-3-17-13(16)12(15)8-9(2)10-4-6-11(14)7-5-10/h4-7,9H,3,8H2,1-2H3. The molecule has 1 unspecified atom stereocenters. The van der Waals surface area contributed by atoms with Crippen LogP contribution < -0.4 is 0 Å². The van der Waals surface area contributed by atoms with Gasteiger partial charge in [-0.25, -0.2) is 9.18 Å². The summed E-state index contributed by atoms with van der Waals surface area (Å²) in [6.07, 6.45) is 0.0739. The Morgan fingerprint density at radius 1 is 1.29 bits per heavy atom. The van der Waals surface area contributed by atoms with E-state index in [1.807, 2.05) is 6.92 Å². The fourth-order valence-corrected chi connectivity index (χ4v) is 1.48. The van der Waals surface area contributed by atoms with Crippen LogP contribution in [0.5, 0.6) is 0 Å². The Morgan fingerprint density at radius 3 is 2.41 bits per heavy atom. The molecule has 0 N–H and O–H groups in total. The lowest BCUT2D eigenvalue weighted by atomic mass is 9.96. The molecule has 92 valence electrons. The summed E-state index contributed by atoms with van der Waals surface area (Å²) < 4.78 is 17.3. The molecule has 1 atom stereocenters. The van der Waals surface area contributed by atoms with Crippen LogP contribution in [0, 0.1) is 5.82 Å². The Kier molecular flexibility index (Phi) is 4.82. The fourth-order valence-electron chi connectivity index (χ4n) is 1.48. The van der Waals surface area contributed by atoms with Crippen LogP contribution in [0.25, 0.3) is 0 Å². The Hall–Kier alpha value is -1.71. The largest absolute Gasteiger partial charge is 0.460 e. The van der Waals surface area contributed by atoms with E-state index in [0.29, 0.717) is 0 Å². The highest BCUT2D eigenvalue weighted by molar-refractivity contribution is 6.33. The van der Waals surface area contributed by atoms with Crippen LogP contribution >= 0.6 is 0 Å². The van der Waals surface area contributed by atoms with Gasteiger partial charge in [0.2, 0.25) is 5.78 Å². The third kappa shape index (κ3) is 3.98. The normalized spacial score (nSPS) is 11.9. The van der Waals surface area contributed by atoms with Crippen molar-refractivity contribution in [1.82, 2.24) is 0 Å². The van der Waals surface area contributed by atoms with Crippen molar-refractivity contribution in [3.8, 4) is 0 Å². The number of carbonyl (C=O) groups is 2. The second-order valence-electron chi connectivity index (χ2n) is 3.80. The molecule has 17 heavy (non-hydrogen) atoms. The molecule has 0 radical (unpaired) electrons. The second kappa shape index (κ2) is 6.13. The van der Waals surface area contributed by atoms with Crippen molar-refractivity contribution >= 4 is 11.8 Å². The van der Waals surface area contributed by atoms with Gasteiger partial charge in [0.25, 0.3) is 0 Å². The predicted octanol–water partition coefficient (Wildman–Crippen LogP) is 2.45. The molecule has 0 saturated carbocycles. The Labute approximate surface area is 99.6 Å².